The minimum Gasteiger partial charge on any atom is -0.465 e. The van der Waals surface area contributed by atoms with Crippen molar-refractivity contribution in [1.29, 1.82) is 0 Å². The van der Waals surface area contributed by atoms with Crippen LogP contribution in [0.3, 0.4) is 0 Å². The summed E-state index contributed by atoms with van der Waals surface area (Å²) in [5.74, 6) is -0.500. The summed E-state index contributed by atoms with van der Waals surface area (Å²) < 4.78 is 37.2. The van der Waals surface area contributed by atoms with Crippen LogP contribution in [0.4, 0.5) is 0 Å². The molecule has 2 atom stereocenters. The van der Waals surface area contributed by atoms with E-state index in [1.807, 2.05) is 0 Å². The predicted molar refractivity (Wildman–Crippen MR) is 76.5 cm³/mol. The van der Waals surface area contributed by atoms with Gasteiger partial charge in [-0.05, 0) is 44.0 Å². The van der Waals surface area contributed by atoms with Crippen molar-refractivity contribution in [2.75, 3.05) is 13.7 Å². The highest BCUT2D eigenvalue weighted by molar-refractivity contribution is 7.89. The Morgan fingerprint density at radius 3 is 2.57 bits per heavy atom. The maximum absolute atomic E-state index is 12.3. The Morgan fingerprint density at radius 1 is 1.38 bits per heavy atom. The first-order chi connectivity index (χ1) is 9.94. The summed E-state index contributed by atoms with van der Waals surface area (Å²) in [6.45, 7) is 2.46. The van der Waals surface area contributed by atoms with Gasteiger partial charge in [-0.25, -0.2) is 17.9 Å². The minimum atomic E-state index is -3.63. The molecule has 0 amide bonds. The minimum absolute atomic E-state index is 0.0888. The lowest BCUT2D eigenvalue weighted by Crippen LogP contribution is -2.40. The topological polar surface area (TPSA) is 81.7 Å². The molecule has 116 valence electrons. The molecule has 1 heterocycles. The highest BCUT2D eigenvalue weighted by atomic mass is 32.2. The number of carbonyl (C=O) groups excluding carboxylic acids is 1. The van der Waals surface area contributed by atoms with Crippen LogP contribution >= 0.6 is 0 Å². The molecule has 2 unspecified atom stereocenters. The van der Waals surface area contributed by atoms with Crippen molar-refractivity contribution < 1.29 is 22.7 Å². The van der Waals surface area contributed by atoms with Gasteiger partial charge in [-0.2, -0.15) is 0 Å². The maximum atomic E-state index is 12.3. The summed E-state index contributed by atoms with van der Waals surface area (Å²) in [5, 5.41) is 0. The van der Waals surface area contributed by atoms with Gasteiger partial charge in [-0.1, -0.05) is 0 Å². The highest BCUT2D eigenvalue weighted by Crippen LogP contribution is 2.18. The lowest BCUT2D eigenvalue weighted by Gasteiger charge is -2.20. The average molecular weight is 313 g/mol. The number of sulfonamides is 1. The molecule has 0 spiro atoms. The van der Waals surface area contributed by atoms with Crippen molar-refractivity contribution in [3.05, 3.63) is 29.8 Å². The fourth-order valence-electron chi connectivity index (χ4n) is 2.27. The normalized spacial score (nSPS) is 20.2. The lowest BCUT2D eigenvalue weighted by molar-refractivity contribution is 0.0600. The third-order valence-electron chi connectivity index (χ3n) is 3.45. The van der Waals surface area contributed by atoms with Crippen molar-refractivity contribution in [2.45, 2.75) is 36.8 Å². The van der Waals surface area contributed by atoms with Crippen LogP contribution in [0.2, 0.25) is 0 Å². The van der Waals surface area contributed by atoms with Gasteiger partial charge in [0.1, 0.15) is 0 Å². The van der Waals surface area contributed by atoms with Crippen LogP contribution in [-0.2, 0) is 19.5 Å². The first kappa shape index (κ1) is 15.9. The molecular weight excluding hydrogens is 294 g/mol. The summed E-state index contributed by atoms with van der Waals surface area (Å²) in [7, 11) is -2.35. The maximum Gasteiger partial charge on any atom is 0.337 e. The van der Waals surface area contributed by atoms with Crippen LogP contribution < -0.4 is 4.72 Å². The second kappa shape index (κ2) is 6.55. The number of hydrogen-bond acceptors (Lipinski definition) is 5. The molecule has 0 radical (unpaired) electrons. The van der Waals surface area contributed by atoms with Gasteiger partial charge in [0.15, 0.2) is 0 Å². The van der Waals surface area contributed by atoms with Gasteiger partial charge in [0.2, 0.25) is 10.0 Å². The van der Waals surface area contributed by atoms with Crippen LogP contribution in [0, 0.1) is 0 Å². The van der Waals surface area contributed by atoms with E-state index < -0.39 is 16.0 Å². The summed E-state index contributed by atoms with van der Waals surface area (Å²) in [6.07, 6.45) is 1.71. The number of hydrogen-bond donors (Lipinski definition) is 1. The molecule has 0 aliphatic carbocycles. The fraction of sp³-hybridized carbons (Fsp3) is 0.500. The van der Waals surface area contributed by atoms with E-state index >= 15 is 0 Å². The van der Waals surface area contributed by atoms with Crippen molar-refractivity contribution in [1.82, 2.24) is 4.72 Å². The molecule has 1 N–H and O–H groups in total. The number of nitrogens with one attached hydrogen (secondary N) is 1. The molecule has 1 aliphatic rings. The Bertz CT molecular complexity index is 590. The smallest absolute Gasteiger partial charge is 0.337 e. The van der Waals surface area contributed by atoms with Gasteiger partial charge >= 0.3 is 5.97 Å². The van der Waals surface area contributed by atoms with E-state index in [4.69, 9.17) is 4.74 Å². The Hall–Kier alpha value is -1.44. The van der Waals surface area contributed by atoms with Gasteiger partial charge in [-0.15, -0.1) is 0 Å². The SMILES string of the molecule is COC(=O)c1ccc(S(=O)(=O)NC(C)C2CCCO2)cc1. The zero-order valence-corrected chi connectivity index (χ0v) is 12.9. The van der Waals surface area contributed by atoms with E-state index in [0.717, 1.165) is 12.8 Å². The molecule has 1 aromatic rings. The van der Waals surface area contributed by atoms with Gasteiger partial charge in [0.05, 0.1) is 23.7 Å². The van der Waals surface area contributed by atoms with Crippen LogP contribution in [0.15, 0.2) is 29.2 Å². The Balaban J connectivity index is 2.09. The molecule has 1 fully saturated rings. The average Bonchev–Trinajstić information content (AvgIpc) is 3.00. The fourth-order valence-corrected chi connectivity index (χ4v) is 3.55. The standard InChI is InChI=1S/C14H19NO5S/c1-10(13-4-3-9-20-13)15-21(17,18)12-7-5-11(6-8-12)14(16)19-2/h5-8,10,13,15H,3-4,9H2,1-2H3. The van der Waals surface area contributed by atoms with E-state index in [-0.39, 0.29) is 17.0 Å². The van der Waals surface area contributed by atoms with Crippen molar-refractivity contribution in [3.8, 4) is 0 Å². The first-order valence-electron chi connectivity index (χ1n) is 6.76. The zero-order valence-electron chi connectivity index (χ0n) is 12.0. The molecule has 0 saturated carbocycles. The number of ether oxygens (including phenoxy) is 2. The highest BCUT2D eigenvalue weighted by Gasteiger charge is 2.27. The van der Waals surface area contributed by atoms with Crippen LogP contribution in [0.25, 0.3) is 0 Å². The van der Waals surface area contributed by atoms with Crippen LogP contribution in [0.5, 0.6) is 0 Å². The van der Waals surface area contributed by atoms with E-state index in [1.54, 1.807) is 6.92 Å². The third kappa shape index (κ3) is 3.81. The van der Waals surface area contributed by atoms with Gasteiger partial charge in [0.25, 0.3) is 0 Å². The third-order valence-corrected chi connectivity index (χ3v) is 5.02. The Morgan fingerprint density at radius 2 is 2.05 bits per heavy atom. The Labute approximate surface area is 124 Å². The summed E-state index contributed by atoms with van der Waals surface area (Å²) in [6, 6.07) is 5.33. The monoisotopic (exact) mass is 313 g/mol. The summed E-state index contributed by atoms with van der Waals surface area (Å²) in [4.78, 5) is 11.4. The van der Waals surface area contributed by atoms with E-state index in [2.05, 4.69) is 9.46 Å². The van der Waals surface area contributed by atoms with Crippen molar-refractivity contribution in [3.63, 3.8) is 0 Å². The van der Waals surface area contributed by atoms with Crippen LogP contribution in [-0.4, -0.2) is 40.2 Å². The number of carbonyl (C=O) groups is 1. The molecule has 0 bridgehead atoms. The predicted octanol–water partition coefficient (Wildman–Crippen LogP) is 1.32. The van der Waals surface area contributed by atoms with Gasteiger partial charge in [0, 0.05) is 12.6 Å². The van der Waals surface area contributed by atoms with Crippen molar-refractivity contribution in [2.24, 2.45) is 0 Å². The number of rotatable bonds is 5. The molecule has 6 nitrogen and oxygen atoms in total. The number of benzene rings is 1. The molecule has 0 aromatic heterocycles. The van der Waals surface area contributed by atoms with E-state index in [0.29, 0.717) is 12.2 Å². The molecule has 1 aliphatic heterocycles. The first-order valence-corrected chi connectivity index (χ1v) is 8.24. The number of esters is 1. The van der Waals surface area contributed by atoms with E-state index in [1.165, 1.54) is 31.4 Å². The molecule has 7 heteroatoms. The molecule has 21 heavy (non-hydrogen) atoms. The second-order valence-electron chi connectivity index (χ2n) is 4.98. The molecule has 2 rings (SSSR count). The molecular formula is C14H19NO5S. The number of methoxy groups -OCH3 is 1. The summed E-state index contributed by atoms with van der Waals surface area (Å²) in [5.41, 5.74) is 0.309. The zero-order chi connectivity index (χ0) is 15.5. The van der Waals surface area contributed by atoms with E-state index in [9.17, 15) is 13.2 Å². The van der Waals surface area contributed by atoms with Crippen molar-refractivity contribution >= 4 is 16.0 Å². The lowest BCUT2D eigenvalue weighted by atomic mass is 10.1. The second-order valence-corrected chi connectivity index (χ2v) is 6.69. The molecule has 1 aromatic carbocycles. The van der Waals surface area contributed by atoms with Gasteiger partial charge < -0.3 is 9.47 Å². The summed E-state index contributed by atoms with van der Waals surface area (Å²) >= 11 is 0. The Kier molecular flexibility index (Phi) is 4.97. The van der Waals surface area contributed by atoms with Gasteiger partial charge in [-0.3, -0.25) is 0 Å². The quantitative estimate of drug-likeness (QED) is 0.829. The van der Waals surface area contributed by atoms with Crippen LogP contribution in [0.1, 0.15) is 30.1 Å². The largest absolute Gasteiger partial charge is 0.465 e. The molecule has 1 saturated heterocycles.